The van der Waals surface area contributed by atoms with Gasteiger partial charge in [0.25, 0.3) is 0 Å². The molecular formula is C14H15NO. The van der Waals surface area contributed by atoms with Crippen LogP contribution in [-0.4, -0.2) is 10.8 Å². The maximum atomic E-state index is 11.8. The van der Waals surface area contributed by atoms with Crippen molar-refractivity contribution < 1.29 is 4.79 Å². The molecule has 16 heavy (non-hydrogen) atoms. The molecule has 2 aromatic rings. The lowest BCUT2D eigenvalue weighted by Crippen LogP contribution is -2.02. The fraction of sp³-hybridized carbons (Fsp3) is 0.286. The summed E-state index contributed by atoms with van der Waals surface area (Å²) in [6, 6.07) is 9.81. The topological polar surface area (TPSA) is 30.0 Å². The van der Waals surface area contributed by atoms with Crippen molar-refractivity contribution in [3.8, 4) is 0 Å². The Balaban J connectivity index is 2.53. The highest BCUT2D eigenvalue weighted by Gasteiger charge is 2.08. The van der Waals surface area contributed by atoms with E-state index < -0.39 is 0 Å². The van der Waals surface area contributed by atoms with Gasteiger partial charge in [0, 0.05) is 11.8 Å². The summed E-state index contributed by atoms with van der Waals surface area (Å²) < 4.78 is 0. The lowest BCUT2D eigenvalue weighted by molar-refractivity contribution is 0.0977. The molecule has 0 spiro atoms. The summed E-state index contributed by atoms with van der Waals surface area (Å²) in [7, 11) is 0. The molecule has 1 heterocycles. The molecule has 0 bridgehead atoms. The number of rotatable bonds is 3. The highest BCUT2D eigenvalue weighted by molar-refractivity contribution is 5.97. The molecule has 0 radical (unpaired) electrons. The van der Waals surface area contributed by atoms with Crippen molar-refractivity contribution in [3.05, 3.63) is 41.6 Å². The second-order valence-corrected chi connectivity index (χ2v) is 4.01. The van der Waals surface area contributed by atoms with E-state index in [4.69, 9.17) is 0 Å². The van der Waals surface area contributed by atoms with E-state index >= 15 is 0 Å². The summed E-state index contributed by atoms with van der Waals surface area (Å²) in [5.74, 6) is 0.136. The van der Waals surface area contributed by atoms with Crippen LogP contribution in [0, 0.1) is 6.92 Å². The van der Waals surface area contributed by atoms with Gasteiger partial charge in [0.15, 0.2) is 5.78 Å². The summed E-state index contributed by atoms with van der Waals surface area (Å²) in [5, 5.41) is 1.12. The van der Waals surface area contributed by atoms with Gasteiger partial charge in [-0.25, -0.2) is 4.98 Å². The number of nitrogens with zero attached hydrogens (tertiary/aromatic N) is 1. The molecule has 0 saturated heterocycles. The first-order valence-electron chi connectivity index (χ1n) is 5.62. The van der Waals surface area contributed by atoms with Crippen molar-refractivity contribution in [1.82, 2.24) is 4.98 Å². The Morgan fingerprint density at radius 1 is 1.31 bits per heavy atom. The van der Waals surface area contributed by atoms with Crippen LogP contribution in [0.1, 0.15) is 35.8 Å². The number of aryl methyl sites for hydroxylation is 1. The number of fused-ring (bicyclic) bond motifs is 1. The maximum Gasteiger partial charge on any atom is 0.181 e. The molecule has 0 amide bonds. The third-order valence-corrected chi connectivity index (χ3v) is 2.69. The Morgan fingerprint density at radius 2 is 2.06 bits per heavy atom. The maximum absolute atomic E-state index is 11.8. The van der Waals surface area contributed by atoms with Crippen molar-refractivity contribution in [1.29, 1.82) is 0 Å². The number of hydrogen-bond acceptors (Lipinski definition) is 2. The average molecular weight is 213 g/mol. The summed E-state index contributed by atoms with van der Waals surface area (Å²) >= 11 is 0. The summed E-state index contributed by atoms with van der Waals surface area (Å²) in [6.45, 7) is 4.03. The zero-order valence-corrected chi connectivity index (χ0v) is 9.66. The molecule has 0 N–H and O–H groups in total. The largest absolute Gasteiger partial charge is 0.292 e. The molecule has 2 rings (SSSR count). The van der Waals surface area contributed by atoms with Crippen molar-refractivity contribution >= 4 is 16.7 Å². The first-order valence-corrected chi connectivity index (χ1v) is 5.62. The minimum atomic E-state index is 0.136. The Morgan fingerprint density at radius 3 is 2.81 bits per heavy atom. The van der Waals surface area contributed by atoms with Crippen molar-refractivity contribution in [3.63, 3.8) is 0 Å². The minimum absolute atomic E-state index is 0.136. The van der Waals surface area contributed by atoms with Crippen LogP contribution in [0.25, 0.3) is 10.9 Å². The van der Waals surface area contributed by atoms with Gasteiger partial charge in [0.1, 0.15) is 5.69 Å². The molecule has 0 atom stereocenters. The molecule has 0 saturated carbocycles. The first-order chi connectivity index (χ1) is 7.72. The van der Waals surface area contributed by atoms with Crippen molar-refractivity contribution in [2.45, 2.75) is 26.7 Å². The number of carbonyl (C=O) groups excluding carboxylic acids is 1. The van der Waals surface area contributed by atoms with Gasteiger partial charge in [-0.1, -0.05) is 25.1 Å². The van der Waals surface area contributed by atoms with Gasteiger partial charge in [0.05, 0.1) is 5.52 Å². The number of aromatic nitrogens is 1. The van der Waals surface area contributed by atoms with Crippen LogP contribution in [0.15, 0.2) is 30.3 Å². The normalized spacial score (nSPS) is 10.6. The Kier molecular flexibility index (Phi) is 3.00. The van der Waals surface area contributed by atoms with E-state index in [0.29, 0.717) is 12.1 Å². The standard InChI is InChI=1S/C14H15NO/c1-3-6-14(16)13-9-10(2)11-7-4-5-8-12(11)15-13/h4-5,7-9H,3,6H2,1-2H3. The number of pyridine rings is 1. The lowest BCUT2D eigenvalue weighted by atomic mass is 10.1. The van der Waals surface area contributed by atoms with Gasteiger partial charge in [-0.2, -0.15) is 0 Å². The molecule has 0 aliphatic carbocycles. The summed E-state index contributed by atoms with van der Waals surface area (Å²) in [6.07, 6.45) is 1.44. The SMILES string of the molecule is CCCC(=O)c1cc(C)c2ccccc2n1. The van der Waals surface area contributed by atoms with Crippen molar-refractivity contribution in [2.75, 3.05) is 0 Å². The monoisotopic (exact) mass is 213 g/mol. The van der Waals surface area contributed by atoms with Crippen LogP contribution in [0.5, 0.6) is 0 Å². The van der Waals surface area contributed by atoms with E-state index in [1.54, 1.807) is 0 Å². The third kappa shape index (κ3) is 1.96. The molecule has 0 fully saturated rings. The summed E-state index contributed by atoms with van der Waals surface area (Å²) in [5.41, 5.74) is 2.62. The van der Waals surface area contributed by atoms with E-state index in [2.05, 4.69) is 4.98 Å². The Labute approximate surface area is 95.3 Å². The van der Waals surface area contributed by atoms with E-state index in [-0.39, 0.29) is 5.78 Å². The number of benzene rings is 1. The van der Waals surface area contributed by atoms with Gasteiger partial charge in [-0.3, -0.25) is 4.79 Å². The average Bonchev–Trinajstić information content (AvgIpc) is 2.29. The van der Waals surface area contributed by atoms with Crippen LogP contribution in [-0.2, 0) is 0 Å². The van der Waals surface area contributed by atoms with E-state index in [9.17, 15) is 4.79 Å². The second-order valence-electron chi connectivity index (χ2n) is 4.01. The minimum Gasteiger partial charge on any atom is -0.292 e. The van der Waals surface area contributed by atoms with Crippen LogP contribution >= 0.6 is 0 Å². The fourth-order valence-electron chi connectivity index (χ4n) is 1.85. The molecule has 1 aromatic heterocycles. The van der Waals surface area contributed by atoms with Gasteiger partial charge >= 0.3 is 0 Å². The summed E-state index contributed by atoms with van der Waals surface area (Å²) in [4.78, 5) is 16.2. The Hall–Kier alpha value is -1.70. The van der Waals surface area contributed by atoms with E-state index in [1.807, 2.05) is 44.2 Å². The van der Waals surface area contributed by atoms with Crippen LogP contribution in [0.2, 0.25) is 0 Å². The zero-order valence-electron chi connectivity index (χ0n) is 9.66. The van der Waals surface area contributed by atoms with E-state index in [0.717, 1.165) is 22.9 Å². The molecule has 1 aromatic carbocycles. The quantitative estimate of drug-likeness (QED) is 0.730. The molecule has 0 aliphatic rings. The molecule has 0 unspecified atom stereocenters. The fourth-order valence-corrected chi connectivity index (χ4v) is 1.85. The Bertz CT molecular complexity index is 531. The number of hydrogen-bond donors (Lipinski definition) is 0. The second kappa shape index (κ2) is 4.44. The van der Waals surface area contributed by atoms with E-state index in [1.165, 1.54) is 0 Å². The molecule has 2 nitrogen and oxygen atoms in total. The first kappa shape index (κ1) is 10.8. The highest BCUT2D eigenvalue weighted by atomic mass is 16.1. The molecule has 2 heteroatoms. The van der Waals surface area contributed by atoms with Crippen LogP contribution < -0.4 is 0 Å². The number of para-hydroxylation sites is 1. The third-order valence-electron chi connectivity index (χ3n) is 2.69. The highest BCUT2D eigenvalue weighted by Crippen LogP contribution is 2.18. The van der Waals surface area contributed by atoms with Gasteiger partial charge in [-0.05, 0) is 31.0 Å². The molecule has 82 valence electrons. The molecular weight excluding hydrogens is 198 g/mol. The number of Topliss-reactive ketones (excluding diaryl/α,β-unsaturated/α-hetero) is 1. The van der Waals surface area contributed by atoms with Gasteiger partial charge < -0.3 is 0 Å². The number of ketones is 1. The van der Waals surface area contributed by atoms with Gasteiger partial charge in [0.2, 0.25) is 0 Å². The van der Waals surface area contributed by atoms with Crippen LogP contribution in [0.3, 0.4) is 0 Å². The van der Waals surface area contributed by atoms with Crippen molar-refractivity contribution in [2.24, 2.45) is 0 Å². The number of carbonyl (C=O) groups is 1. The smallest absolute Gasteiger partial charge is 0.181 e. The predicted octanol–water partition coefficient (Wildman–Crippen LogP) is 3.53. The van der Waals surface area contributed by atoms with Gasteiger partial charge in [-0.15, -0.1) is 0 Å². The lowest BCUT2D eigenvalue weighted by Gasteiger charge is -2.04. The zero-order chi connectivity index (χ0) is 11.5. The van der Waals surface area contributed by atoms with Crippen LogP contribution in [0.4, 0.5) is 0 Å². The predicted molar refractivity (Wildman–Crippen MR) is 65.7 cm³/mol. The molecule has 0 aliphatic heterocycles.